The second kappa shape index (κ2) is 3.50. The molecule has 0 aromatic heterocycles. The Hall–Kier alpha value is -0.0400. The number of rotatable bonds is 0. The van der Waals surface area contributed by atoms with Gasteiger partial charge in [0.05, 0.1) is 0 Å². The first-order chi connectivity index (χ1) is 7.45. The quantitative estimate of drug-likeness (QED) is 0.606. The van der Waals surface area contributed by atoms with Crippen LogP contribution in [0.2, 0.25) is 0 Å². The number of fused-ring (bicyclic) bond motifs is 2. The van der Waals surface area contributed by atoms with E-state index in [0.717, 1.165) is 17.9 Å². The molecule has 1 saturated carbocycles. The van der Waals surface area contributed by atoms with E-state index in [0.29, 0.717) is 16.5 Å². The van der Waals surface area contributed by atoms with Crippen LogP contribution in [0.1, 0.15) is 68.2 Å². The summed E-state index contributed by atoms with van der Waals surface area (Å²) in [6.45, 7) is 19.4. The molecule has 1 unspecified atom stereocenters. The Balaban J connectivity index is 2.29. The van der Waals surface area contributed by atoms with Crippen molar-refractivity contribution in [3.05, 3.63) is 0 Å². The van der Waals surface area contributed by atoms with Gasteiger partial charge in [0.1, 0.15) is 0 Å². The topological polar surface area (TPSA) is 3.24 Å². The lowest BCUT2D eigenvalue weighted by Gasteiger charge is -2.54. The van der Waals surface area contributed by atoms with Crippen LogP contribution in [-0.4, -0.2) is 22.0 Å². The van der Waals surface area contributed by atoms with Crippen molar-refractivity contribution in [2.75, 3.05) is 0 Å². The van der Waals surface area contributed by atoms with Crippen molar-refractivity contribution in [3.63, 3.8) is 0 Å². The maximum atomic E-state index is 2.80. The zero-order chi connectivity index (χ0) is 13.2. The smallest absolute Gasteiger partial charge is 0.0192 e. The minimum absolute atomic E-state index is 0.311. The van der Waals surface area contributed by atoms with Gasteiger partial charge in [-0.3, -0.25) is 4.90 Å². The van der Waals surface area contributed by atoms with E-state index in [-0.39, 0.29) is 0 Å². The summed E-state index contributed by atoms with van der Waals surface area (Å²) >= 11 is 0. The van der Waals surface area contributed by atoms with Crippen molar-refractivity contribution in [1.29, 1.82) is 0 Å². The highest BCUT2D eigenvalue weighted by molar-refractivity contribution is 5.13. The van der Waals surface area contributed by atoms with E-state index < -0.39 is 0 Å². The molecule has 2 bridgehead atoms. The number of likely N-dealkylation sites (tertiary alicyclic amines) is 1. The third-order valence-corrected chi connectivity index (χ3v) is 5.27. The molecule has 1 heteroatoms. The van der Waals surface area contributed by atoms with Gasteiger partial charge in [0.15, 0.2) is 0 Å². The Morgan fingerprint density at radius 3 is 1.82 bits per heavy atom. The van der Waals surface area contributed by atoms with Crippen LogP contribution in [0.3, 0.4) is 0 Å². The van der Waals surface area contributed by atoms with Crippen LogP contribution in [0.25, 0.3) is 0 Å². The Morgan fingerprint density at radius 1 is 0.941 bits per heavy atom. The van der Waals surface area contributed by atoms with Gasteiger partial charge in [0, 0.05) is 17.1 Å². The Bertz CT molecular complexity index is 302. The highest BCUT2D eigenvalue weighted by atomic mass is 15.3. The molecule has 2 aliphatic rings. The van der Waals surface area contributed by atoms with Gasteiger partial charge >= 0.3 is 0 Å². The zero-order valence-corrected chi connectivity index (χ0v) is 13.1. The summed E-state index contributed by atoms with van der Waals surface area (Å²) in [5.41, 5.74) is 1.16. The Morgan fingerprint density at radius 2 is 1.47 bits per heavy atom. The van der Waals surface area contributed by atoms with Crippen LogP contribution >= 0.6 is 0 Å². The van der Waals surface area contributed by atoms with E-state index >= 15 is 0 Å². The SMILES string of the molecule is CC(C)(C)C1C[C@H]2C[C@@H]1C(C)(C)N2C(C)(C)C. The third-order valence-electron chi connectivity index (χ3n) is 5.27. The average molecular weight is 237 g/mol. The van der Waals surface area contributed by atoms with Crippen LogP contribution < -0.4 is 0 Å². The molecule has 3 atom stereocenters. The maximum Gasteiger partial charge on any atom is 0.0192 e. The summed E-state index contributed by atoms with van der Waals surface area (Å²) in [6.07, 6.45) is 2.83. The molecule has 1 nitrogen and oxygen atoms in total. The first kappa shape index (κ1) is 13.4. The van der Waals surface area contributed by atoms with Gasteiger partial charge in [-0.05, 0) is 64.7 Å². The van der Waals surface area contributed by atoms with E-state index in [1.807, 2.05) is 0 Å². The summed E-state index contributed by atoms with van der Waals surface area (Å²) in [6, 6.07) is 0.819. The van der Waals surface area contributed by atoms with E-state index in [2.05, 4.69) is 60.3 Å². The lowest BCUT2D eigenvalue weighted by atomic mass is 9.67. The summed E-state index contributed by atoms with van der Waals surface area (Å²) in [5, 5.41) is 0. The van der Waals surface area contributed by atoms with Crippen molar-refractivity contribution in [2.24, 2.45) is 17.3 Å². The van der Waals surface area contributed by atoms with Gasteiger partial charge < -0.3 is 0 Å². The summed E-state index contributed by atoms with van der Waals surface area (Å²) in [7, 11) is 0. The highest BCUT2D eigenvalue weighted by Gasteiger charge is 2.60. The summed E-state index contributed by atoms with van der Waals surface area (Å²) in [5.74, 6) is 1.79. The van der Waals surface area contributed by atoms with Gasteiger partial charge in [0.2, 0.25) is 0 Å². The fourth-order valence-corrected chi connectivity index (χ4v) is 5.02. The van der Waals surface area contributed by atoms with E-state index in [1.165, 1.54) is 12.8 Å². The van der Waals surface area contributed by atoms with E-state index in [9.17, 15) is 0 Å². The van der Waals surface area contributed by atoms with Gasteiger partial charge in [0.25, 0.3) is 0 Å². The molecule has 0 N–H and O–H groups in total. The molecule has 100 valence electrons. The fourth-order valence-electron chi connectivity index (χ4n) is 5.02. The van der Waals surface area contributed by atoms with Crippen molar-refractivity contribution < 1.29 is 0 Å². The first-order valence-electron chi connectivity index (χ1n) is 7.25. The Labute approximate surface area is 108 Å². The van der Waals surface area contributed by atoms with Crippen LogP contribution in [0, 0.1) is 17.3 Å². The van der Waals surface area contributed by atoms with Crippen LogP contribution in [0.4, 0.5) is 0 Å². The molecule has 1 aliphatic heterocycles. The Kier molecular flexibility index (Phi) is 2.75. The molecule has 1 heterocycles. The fraction of sp³-hybridized carbons (Fsp3) is 1.00. The monoisotopic (exact) mass is 237 g/mol. The average Bonchev–Trinajstić information content (AvgIpc) is 2.52. The molecular weight excluding hydrogens is 206 g/mol. The molecule has 0 spiro atoms. The first-order valence-corrected chi connectivity index (χ1v) is 7.25. The number of hydrogen-bond acceptors (Lipinski definition) is 1. The van der Waals surface area contributed by atoms with Gasteiger partial charge in [-0.2, -0.15) is 0 Å². The second-order valence-electron chi connectivity index (χ2n) is 8.90. The molecule has 1 saturated heterocycles. The lowest BCUT2D eigenvalue weighted by molar-refractivity contribution is -0.0507. The van der Waals surface area contributed by atoms with Crippen LogP contribution in [0.15, 0.2) is 0 Å². The maximum absolute atomic E-state index is 2.80. The zero-order valence-electron chi connectivity index (χ0n) is 13.1. The summed E-state index contributed by atoms with van der Waals surface area (Å²) < 4.78 is 0. The molecular formula is C16H31N. The van der Waals surface area contributed by atoms with Gasteiger partial charge in [-0.25, -0.2) is 0 Å². The minimum Gasteiger partial charge on any atom is -0.290 e. The predicted molar refractivity (Wildman–Crippen MR) is 75.1 cm³/mol. The molecule has 0 radical (unpaired) electrons. The van der Waals surface area contributed by atoms with Crippen molar-refractivity contribution >= 4 is 0 Å². The molecule has 2 rings (SSSR count). The van der Waals surface area contributed by atoms with Crippen molar-refractivity contribution in [1.82, 2.24) is 4.90 Å². The second-order valence-corrected chi connectivity index (χ2v) is 8.90. The molecule has 0 aromatic carbocycles. The van der Waals surface area contributed by atoms with Gasteiger partial charge in [-0.1, -0.05) is 20.8 Å². The van der Waals surface area contributed by atoms with E-state index in [4.69, 9.17) is 0 Å². The molecule has 0 amide bonds. The highest BCUT2D eigenvalue weighted by Crippen LogP contribution is 2.58. The number of hydrogen-bond donors (Lipinski definition) is 0. The molecule has 2 fully saturated rings. The predicted octanol–water partition coefficient (Wildman–Crippen LogP) is 4.32. The molecule has 1 aliphatic carbocycles. The molecule has 0 aromatic rings. The number of piperidine rings is 1. The van der Waals surface area contributed by atoms with E-state index in [1.54, 1.807) is 0 Å². The lowest BCUT2D eigenvalue weighted by Crippen LogP contribution is -2.60. The molecule has 17 heavy (non-hydrogen) atoms. The van der Waals surface area contributed by atoms with Crippen molar-refractivity contribution in [3.8, 4) is 0 Å². The van der Waals surface area contributed by atoms with Gasteiger partial charge in [-0.15, -0.1) is 0 Å². The van der Waals surface area contributed by atoms with Crippen LogP contribution in [0.5, 0.6) is 0 Å². The largest absolute Gasteiger partial charge is 0.290 e. The third kappa shape index (κ3) is 1.95. The van der Waals surface area contributed by atoms with Crippen molar-refractivity contribution in [2.45, 2.75) is 85.4 Å². The van der Waals surface area contributed by atoms with Crippen LogP contribution in [-0.2, 0) is 0 Å². The minimum atomic E-state index is 0.311. The summed E-state index contributed by atoms with van der Waals surface area (Å²) in [4.78, 5) is 2.80. The standard InChI is InChI=1S/C16H31N/c1-14(2,3)12-9-11-10-13(12)16(7,8)17(11)15(4,5)6/h11-13H,9-10H2,1-8H3/t11-,12?,13-/m0/s1. The number of nitrogens with zero attached hydrogens (tertiary/aromatic N) is 1. The normalized spacial score (nSPS) is 37.8.